The van der Waals surface area contributed by atoms with Crippen molar-refractivity contribution in [3.05, 3.63) is 33.9 Å². The Morgan fingerprint density at radius 3 is 2.79 bits per heavy atom. The molecule has 106 valence electrons. The summed E-state index contributed by atoms with van der Waals surface area (Å²) >= 11 is 0. The second-order valence-corrected chi connectivity index (χ2v) is 4.59. The normalized spacial score (nSPS) is 12.5. The van der Waals surface area contributed by atoms with Gasteiger partial charge in [-0.15, -0.1) is 0 Å². The fraction of sp³-hybridized carbons (Fsp3) is 0.500. The number of nitrogens with one attached hydrogen (secondary N) is 1. The lowest BCUT2D eigenvalue weighted by molar-refractivity contribution is -0.384. The second kappa shape index (κ2) is 7.03. The van der Waals surface area contributed by atoms with Crippen LogP contribution in [0.5, 0.6) is 0 Å². The SMILES string of the molecule is CC(O)CCN(C)Cc1cccc([N+](=O)[O-])c1NN. The Labute approximate surface area is 112 Å². The maximum atomic E-state index is 10.9. The zero-order valence-corrected chi connectivity index (χ0v) is 11.2. The third-order valence-electron chi connectivity index (χ3n) is 2.84. The third-order valence-corrected chi connectivity index (χ3v) is 2.84. The molecular formula is C12H20N4O3. The number of nitrogens with zero attached hydrogens (tertiary/aromatic N) is 2. The largest absolute Gasteiger partial charge is 0.393 e. The van der Waals surface area contributed by atoms with Crippen LogP contribution < -0.4 is 11.3 Å². The van der Waals surface area contributed by atoms with E-state index in [0.717, 1.165) is 5.56 Å². The Balaban J connectivity index is 2.83. The fourth-order valence-electron chi connectivity index (χ4n) is 1.81. The Hall–Kier alpha value is -1.70. The van der Waals surface area contributed by atoms with Crippen molar-refractivity contribution in [1.82, 2.24) is 4.90 Å². The number of nitro groups is 1. The molecule has 0 fully saturated rings. The number of anilines is 1. The van der Waals surface area contributed by atoms with E-state index in [2.05, 4.69) is 5.43 Å². The first-order valence-corrected chi connectivity index (χ1v) is 6.05. The van der Waals surface area contributed by atoms with Gasteiger partial charge in [-0.05, 0) is 26.0 Å². The quantitative estimate of drug-likeness (QED) is 0.388. The summed E-state index contributed by atoms with van der Waals surface area (Å²) in [6, 6.07) is 4.84. The van der Waals surface area contributed by atoms with Crippen LogP contribution in [0.2, 0.25) is 0 Å². The molecule has 0 amide bonds. The van der Waals surface area contributed by atoms with Crippen LogP contribution in [-0.2, 0) is 6.54 Å². The Kier molecular flexibility index (Phi) is 5.68. The standard InChI is InChI=1S/C12H20N4O3/c1-9(17)6-7-15(2)8-10-4-3-5-11(16(18)19)12(10)14-13/h3-5,9,14,17H,6-8,13H2,1-2H3. The average molecular weight is 268 g/mol. The first kappa shape index (κ1) is 15.4. The summed E-state index contributed by atoms with van der Waals surface area (Å²) in [6.07, 6.45) is 0.288. The number of nitrogen functional groups attached to an aromatic ring is 1. The summed E-state index contributed by atoms with van der Waals surface area (Å²) in [5.41, 5.74) is 3.44. The van der Waals surface area contributed by atoms with E-state index < -0.39 is 4.92 Å². The smallest absolute Gasteiger partial charge is 0.293 e. The van der Waals surface area contributed by atoms with Crippen molar-refractivity contribution in [3.8, 4) is 0 Å². The van der Waals surface area contributed by atoms with Crippen molar-refractivity contribution >= 4 is 11.4 Å². The zero-order valence-electron chi connectivity index (χ0n) is 11.2. The lowest BCUT2D eigenvalue weighted by atomic mass is 10.1. The van der Waals surface area contributed by atoms with Crippen molar-refractivity contribution in [2.45, 2.75) is 26.0 Å². The van der Waals surface area contributed by atoms with Crippen LogP contribution in [0.1, 0.15) is 18.9 Å². The molecule has 7 heteroatoms. The molecule has 0 bridgehead atoms. The number of hydrazine groups is 1. The highest BCUT2D eigenvalue weighted by atomic mass is 16.6. The molecule has 7 nitrogen and oxygen atoms in total. The van der Waals surface area contributed by atoms with Gasteiger partial charge in [0.1, 0.15) is 5.69 Å². The molecule has 0 heterocycles. The minimum Gasteiger partial charge on any atom is -0.393 e. The first-order chi connectivity index (χ1) is 8.95. The van der Waals surface area contributed by atoms with Gasteiger partial charge in [0.05, 0.1) is 11.0 Å². The molecule has 0 aromatic heterocycles. The second-order valence-electron chi connectivity index (χ2n) is 4.59. The number of aliphatic hydroxyl groups is 1. The van der Waals surface area contributed by atoms with Gasteiger partial charge in [0.25, 0.3) is 5.69 Å². The molecule has 0 radical (unpaired) electrons. The van der Waals surface area contributed by atoms with Gasteiger partial charge < -0.3 is 15.4 Å². The molecule has 1 aromatic rings. The Bertz CT molecular complexity index is 437. The summed E-state index contributed by atoms with van der Waals surface area (Å²) in [4.78, 5) is 12.4. The van der Waals surface area contributed by atoms with Crippen LogP contribution in [0.25, 0.3) is 0 Å². The highest BCUT2D eigenvalue weighted by molar-refractivity contribution is 5.65. The van der Waals surface area contributed by atoms with Crippen molar-refractivity contribution in [3.63, 3.8) is 0 Å². The predicted octanol–water partition coefficient (Wildman–Crippen LogP) is 1.08. The Morgan fingerprint density at radius 1 is 1.58 bits per heavy atom. The average Bonchev–Trinajstić information content (AvgIpc) is 2.36. The number of rotatable bonds is 7. The van der Waals surface area contributed by atoms with E-state index >= 15 is 0 Å². The topological polar surface area (TPSA) is 105 Å². The van der Waals surface area contributed by atoms with Crippen LogP contribution in [-0.4, -0.2) is 34.6 Å². The van der Waals surface area contributed by atoms with E-state index in [9.17, 15) is 15.2 Å². The van der Waals surface area contributed by atoms with Gasteiger partial charge in [-0.3, -0.25) is 16.0 Å². The van der Waals surface area contributed by atoms with Crippen LogP contribution in [0.4, 0.5) is 11.4 Å². The van der Waals surface area contributed by atoms with Crippen molar-refractivity contribution in [2.75, 3.05) is 19.0 Å². The van der Waals surface area contributed by atoms with Crippen LogP contribution in [0.3, 0.4) is 0 Å². The lowest BCUT2D eigenvalue weighted by Crippen LogP contribution is -2.23. The van der Waals surface area contributed by atoms with E-state index in [1.54, 1.807) is 19.1 Å². The van der Waals surface area contributed by atoms with Gasteiger partial charge in [-0.1, -0.05) is 12.1 Å². The molecule has 0 aliphatic heterocycles. The number of benzene rings is 1. The molecule has 1 atom stereocenters. The minimum absolute atomic E-state index is 0.0380. The summed E-state index contributed by atoms with van der Waals surface area (Å²) in [5.74, 6) is 5.37. The number of hydrogen-bond acceptors (Lipinski definition) is 6. The van der Waals surface area contributed by atoms with Crippen molar-refractivity contribution < 1.29 is 10.0 Å². The lowest BCUT2D eigenvalue weighted by Gasteiger charge is -2.19. The van der Waals surface area contributed by atoms with E-state index in [-0.39, 0.29) is 11.8 Å². The molecule has 1 unspecified atom stereocenters. The molecule has 4 N–H and O–H groups in total. The molecule has 0 aliphatic rings. The van der Waals surface area contributed by atoms with Crippen LogP contribution >= 0.6 is 0 Å². The summed E-state index contributed by atoms with van der Waals surface area (Å²) in [7, 11) is 1.89. The van der Waals surface area contributed by atoms with Gasteiger partial charge >= 0.3 is 0 Å². The number of aliphatic hydroxyl groups excluding tert-OH is 1. The van der Waals surface area contributed by atoms with E-state index in [1.807, 2.05) is 11.9 Å². The van der Waals surface area contributed by atoms with Gasteiger partial charge in [0.15, 0.2) is 0 Å². The van der Waals surface area contributed by atoms with Gasteiger partial charge in [0, 0.05) is 19.2 Å². The number of para-hydroxylation sites is 1. The van der Waals surface area contributed by atoms with Gasteiger partial charge in [-0.2, -0.15) is 0 Å². The predicted molar refractivity (Wildman–Crippen MR) is 73.5 cm³/mol. The monoisotopic (exact) mass is 268 g/mol. The first-order valence-electron chi connectivity index (χ1n) is 6.05. The number of nitrogens with two attached hydrogens (primary N) is 1. The maximum Gasteiger partial charge on any atom is 0.293 e. The summed E-state index contributed by atoms with van der Waals surface area (Å²) in [6.45, 7) is 2.95. The highest BCUT2D eigenvalue weighted by Gasteiger charge is 2.17. The summed E-state index contributed by atoms with van der Waals surface area (Å²) in [5, 5.41) is 20.1. The molecule has 1 rings (SSSR count). The molecule has 0 spiro atoms. The number of hydrogen-bond donors (Lipinski definition) is 3. The van der Waals surface area contributed by atoms with Crippen molar-refractivity contribution in [2.24, 2.45) is 5.84 Å². The van der Waals surface area contributed by atoms with Crippen LogP contribution in [0.15, 0.2) is 18.2 Å². The van der Waals surface area contributed by atoms with Crippen molar-refractivity contribution in [1.29, 1.82) is 0 Å². The van der Waals surface area contributed by atoms with E-state index in [4.69, 9.17) is 5.84 Å². The molecule has 1 aromatic carbocycles. The molecule has 19 heavy (non-hydrogen) atoms. The Morgan fingerprint density at radius 2 is 2.26 bits per heavy atom. The molecule has 0 saturated heterocycles. The fourth-order valence-corrected chi connectivity index (χ4v) is 1.81. The van der Waals surface area contributed by atoms with Gasteiger partial charge in [0.2, 0.25) is 0 Å². The van der Waals surface area contributed by atoms with E-state index in [0.29, 0.717) is 25.2 Å². The van der Waals surface area contributed by atoms with Crippen LogP contribution in [0, 0.1) is 10.1 Å². The third kappa shape index (κ3) is 4.47. The molecule has 0 aliphatic carbocycles. The van der Waals surface area contributed by atoms with Gasteiger partial charge in [-0.25, -0.2) is 0 Å². The highest BCUT2D eigenvalue weighted by Crippen LogP contribution is 2.28. The maximum absolute atomic E-state index is 10.9. The molecular weight excluding hydrogens is 248 g/mol. The zero-order chi connectivity index (χ0) is 14.4. The van der Waals surface area contributed by atoms with E-state index in [1.165, 1.54) is 6.07 Å². The molecule has 0 saturated carbocycles. The summed E-state index contributed by atoms with van der Waals surface area (Å²) < 4.78 is 0. The number of nitro benzene ring substituents is 1. The minimum atomic E-state index is -0.464.